The number of amides is 1. The van der Waals surface area contributed by atoms with Crippen molar-refractivity contribution in [3.8, 4) is 0 Å². The van der Waals surface area contributed by atoms with Gasteiger partial charge in [-0.2, -0.15) is 0 Å². The molecule has 0 spiro atoms. The summed E-state index contributed by atoms with van der Waals surface area (Å²) >= 11 is 0. The van der Waals surface area contributed by atoms with Crippen molar-refractivity contribution in [2.75, 3.05) is 0 Å². The van der Waals surface area contributed by atoms with Gasteiger partial charge in [0.25, 0.3) is 5.91 Å². The first-order valence-corrected chi connectivity index (χ1v) is 5.50. The monoisotopic (exact) mass is 229 g/mol. The van der Waals surface area contributed by atoms with Crippen molar-refractivity contribution >= 4 is 11.9 Å². The topological polar surface area (TPSA) is 66.8 Å². The van der Waals surface area contributed by atoms with Gasteiger partial charge >= 0.3 is 5.97 Å². The number of hydrogen-bond donors (Lipinski definition) is 1. The fraction of sp³-hybridized carbons (Fsp3) is 0.818. The van der Waals surface area contributed by atoms with Crippen molar-refractivity contribution in [2.24, 2.45) is 5.41 Å². The number of nitrogens with zero attached hydrogens (tertiary/aromatic N) is 1. The van der Waals surface area contributed by atoms with Gasteiger partial charge in [-0.25, -0.2) is 4.79 Å². The van der Waals surface area contributed by atoms with E-state index in [0.29, 0.717) is 12.8 Å². The van der Waals surface area contributed by atoms with Crippen LogP contribution in [-0.4, -0.2) is 28.3 Å². The van der Waals surface area contributed by atoms with Gasteiger partial charge in [0.1, 0.15) is 0 Å². The van der Waals surface area contributed by atoms with E-state index in [9.17, 15) is 14.7 Å². The molecule has 1 saturated heterocycles. The second-order valence-electron chi connectivity index (χ2n) is 5.26. The Balaban J connectivity index is 2.37. The number of hydroxylamine groups is 2. The Hall–Kier alpha value is -1.10. The van der Waals surface area contributed by atoms with E-state index in [1.54, 1.807) is 0 Å². The van der Waals surface area contributed by atoms with Gasteiger partial charge in [-0.05, 0) is 11.8 Å². The van der Waals surface area contributed by atoms with Gasteiger partial charge in [-0.1, -0.05) is 20.8 Å². The van der Waals surface area contributed by atoms with E-state index in [0.717, 1.165) is 5.06 Å². The third kappa shape index (κ3) is 3.81. The molecule has 5 heteroatoms. The van der Waals surface area contributed by atoms with Gasteiger partial charge in [0.15, 0.2) is 6.23 Å². The summed E-state index contributed by atoms with van der Waals surface area (Å²) in [7, 11) is 0. The number of carbonyl (C=O) groups is 2. The molecule has 0 saturated carbocycles. The molecular weight excluding hydrogens is 210 g/mol. The molecular formula is C11H19NO4. The molecule has 0 aromatic heterocycles. The summed E-state index contributed by atoms with van der Waals surface area (Å²) < 4.78 is 0. The number of carbonyl (C=O) groups excluding carboxylic acids is 2. The Labute approximate surface area is 95.3 Å². The molecule has 0 aromatic rings. The Bertz CT molecular complexity index is 282. The highest BCUT2D eigenvalue weighted by atomic mass is 16.7. The van der Waals surface area contributed by atoms with Crippen molar-refractivity contribution < 1.29 is 19.5 Å². The van der Waals surface area contributed by atoms with Crippen LogP contribution >= 0.6 is 0 Å². The molecule has 0 aliphatic carbocycles. The Kier molecular flexibility index (Phi) is 3.91. The summed E-state index contributed by atoms with van der Waals surface area (Å²) in [6.07, 6.45) is 0.509. The zero-order chi connectivity index (χ0) is 12.3. The number of aliphatic hydroxyl groups is 1. The zero-order valence-electron chi connectivity index (χ0n) is 10.0. The van der Waals surface area contributed by atoms with Crippen molar-refractivity contribution in [3.63, 3.8) is 0 Å². The lowest BCUT2D eigenvalue weighted by Crippen LogP contribution is -2.35. The highest BCUT2D eigenvalue weighted by molar-refractivity contribution is 5.79. The minimum absolute atomic E-state index is 0.0483. The predicted octanol–water partition coefficient (Wildman–Crippen LogP) is 1.21. The van der Waals surface area contributed by atoms with Crippen LogP contribution in [0.3, 0.4) is 0 Å². The largest absolute Gasteiger partial charge is 0.370 e. The Morgan fingerprint density at radius 3 is 2.62 bits per heavy atom. The van der Waals surface area contributed by atoms with Gasteiger partial charge in [0.05, 0.1) is 0 Å². The second-order valence-corrected chi connectivity index (χ2v) is 5.26. The molecule has 1 amide bonds. The molecule has 1 unspecified atom stereocenters. The Morgan fingerprint density at radius 2 is 2.19 bits per heavy atom. The zero-order valence-corrected chi connectivity index (χ0v) is 10.0. The fourth-order valence-electron chi connectivity index (χ4n) is 1.39. The number of aliphatic hydroxyl groups excluding tert-OH is 1. The summed E-state index contributed by atoms with van der Waals surface area (Å²) in [4.78, 5) is 27.4. The fourth-order valence-corrected chi connectivity index (χ4v) is 1.39. The van der Waals surface area contributed by atoms with Crippen LogP contribution in [0.4, 0.5) is 0 Å². The van der Waals surface area contributed by atoms with Crippen LogP contribution in [0.15, 0.2) is 0 Å². The van der Waals surface area contributed by atoms with Crippen LogP contribution in [0.5, 0.6) is 0 Å². The second kappa shape index (κ2) is 4.82. The van der Waals surface area contributed by atoms with Gasteiger partial charge < -0.3 is 9.94 Å². The van der Waals surface area contributed by atoms with Crippen molar-refractivity contribution in [1.29, 1.82) is 0 Å². The molecule has 0 aromatic carbocycles. The molecule has 1 fully saturated rings. The molecule has 92 valence electrons. The van der Waals surface area contributed by atoms with Gasteiger partial charge in [-0.3, -0.25) is 4.79 Å². The molecule has 1 heterocycles. The summed E-state index contributed by atoms with van der Waals surface area (Å²) in [5, 5.41) is 10.1. The van der Waals surface area contributed by atoms with E-state index in [2.05, 4.69) is 0 Å². The highest BCUT2D eigenvalue weighted by Crippen LogP contribution is 2.22. The summed E-state index contributed by atoms with van der Waals surface area (Å²) in [6, 6.07) is 0. The van der Waals surface area contributed by atoms with E-state index in [1.165, 1.54) is 0 Å². The molecule has 1 N–H and O–H groups in total. The smallest absolute Gasteiger partial charge is 0.332 e. The molecule has 1 atom stereocenters. The lowest BCUT2D eigenvalue weighted by molar-refractivity contribution is -0.220. The van der Waals surface area contributed by atoms with E-state index < -0.39 is 12.2 Å². The van der Waals surface area contributed by atoms with Crippen LogP contribution in [0.25, 0.3) is 0 Å². The maximum atomic E-state index is 11.4. The van der Waals surface area contributed by atoms with Crippen molar-refractivity contribution in [2.45, 2.75) is 52.7 Å². The SMILES string of the molecule is CC(C)(C)CCC(=O)ON1C(=O)CCC1O. The maximum Gasteiger partial charge on any atom is 0.332 e. The van der Waals surface area contributed by atoms with Crippen LogP contribution in [0, 0.1) is 5.41 Å². The van der Waals surface area contributed by atoms with E-state index in [4.69, 9.17) is 4.84 Å². The van der Waals surface area contributed by atoms with Crippen molar-refractivity contribution in [3.05, 3.63) is 0 Å². The summed E-state index contributed by atoms with van der Waals surface area (Å²) in [6.45, 7) is 6.07. The summed E-state index contributed by atoms with van der Waals surface area (Å²) in [5.41, 5.74) is 0.0483. The minimum Gasteiger partial charge on any atom is -0.370 e. The Morgan fingerprint density at radius 1 is 1.56 bits per heavy atom. The average molecular weight is 229 g/mol. The lowest BCUT2D eigenvalue weighted by Gasteiger charge is -2.21. The first-order valence-electron chi connectivity index (χ1n) is 5.50. The van der Waals surface area contributed by atoms with Gasteiger partial charge in [-0.15, -0.1) is 5.06 Å². The quantitative estimate of drug-likeness (QED) is 0.790. The van der Waals surface area contributed by atoms with Crippen LogP contribution in [0.1, 0.15) is 46.5 Å². The number of rotatable bonds is 3. The normalized spacial score (nSPS) is 21.4. The molecule has 1 rings (SSSR count). The van der Waals surface area contributed by atoms with E-state index in [1.807, 2.05) is 20.8 Å². The summed E-state index contributed by atoms with van der Waals surface area (Å²) in [5.74, 6) is -0.805. The maximum absolute atomic E-state index is 11.4. The lowest BCUT2D eigenvalue weighted by atomic mass is 9.91. The van der Waals surface area contributed by atoms with Gasteiger partial charge in [0, 0.05) is 19.3 Å². The third-order valence-corrected chi connectivity index (χ3v) is 2.41. The van der Waals surface area contributed by atoms with E-state index >= 15 is 0 Å². The molecule has 5 nitrogen and oxygen atoms in total. The average Bonchev–Trinajstić information content (AvgIpc) is 2.45. The molecule has 0 radical (unpaired) electrons. The van der Waals surface area contributed by atoms with Crippen LogP contribution in [0.2, 0.25) is 0 Å². The molecule has 16 heavy (non-hydrogen) atoms. The molecule has 1 aliphatic rings. The number of hydrogen-bond acceptors (Lipinski definition) is 4. The third-order valence-electron chi connectivity index (χ3n) is 2.41. The standard InChI is InChI=1S/C11H19NO4/c1-11(2,3)7-6-10(15)16-12-8(13)4-5-9(12)14/h8,13H,4-7H2,1-3H3. The van der Waals surface area contributed by atoms with E-state index in [-0.39, 0.29) is 24.2 Å². The van der Waals surface area contributed by atoms with Crippen LogP contribution < -0.4 is 0 Å². The molecule has 0 bridgehead atoms. The van der Waals surface area contributed by atoms with Crippen molar-refractivity contribution in [1.82, 2.24) is 5.06 Å². The first kappa shape index (κ1) is 13.0. The molecule has 1 aliphatic heterocycles. The first-order chi connectivity index (χ1) is 7.29. The minimum atomic E-state index is -0.980. The highest BCUT2D eigenvalue weighted by Gasteiger charge is 2.32. The van der Waals surface area contributed by atoms with Gasteiger partial charge in [0.2, 0.25) is 0 Å². The predicted molar refractivity (Wildman–Crippen MR) is 56.9 cm³/mol. The van der Waals surface area contributed by atoms with Crippen LogP contribution in [-0.2, 0) is 14.4 Å².